The van der Waals surface area contributed by atoms with Crippen LogP contribution in [0.1, 0.15) is 60.5 Å². The average molecular weight is 629 g/mol. The first-order chi connectivity index (χ1) is 21.3. The highest BCUT2D eigenvalue weighted by Crippen LogP contribution is 2.40. The van der Waals surface area contributed by atoms with Gasteiger partial charge in [0.1, 0.15) is 0 Å². The summed E-state index contributed by atoms with van der Waals surface area (Å²) in [6.45, 7) is 7.01. The van der Waals surface area contributed by atoms with Crippen LogP contribution in [0.5, 0.6) is 0 Å². The minimum Gasteiger partial charge on any atom is -0.390 e. The maximum Gasteiger partial charge on any atom is 0.417 e. The number of β-amino-alcohol motifs (C(OH)–C–C–N with tert-alkyl or cyclic N) is 1. The largest absolute Gasteiger partial charge is 0.417 e. The number of aromatic nitrogens is 3. The molecule has 44 heavy (non-hydrogen) atoms. The summed E-state index contributed by atoms with van der Waals surface area (Å²) >= 11 is 1.29. The van der Waals surface area contributed by atoms with Gasteiger partial charge in [-0.1, -0.05) is 18.6 Å². The second-order valence-corrected chi connectivity index (χ2v) is 13.5. The summed E-state index contributed by atoms with van der Waals surface area (Å²) in [6, 6.07) is 10.5. The van der Waals surface area contributed by atoms with Gasteiger partial charge in [0.15, 0.2) is 0 Å². The summed E-state index contributed by atoms with van der Waals surface area (Å²) in [6.07, 6.45) is 3.20. The van der Waals surface area contributed by atoms with Crippen LogP contribution in [-0.2, 0) is 25.7 Å². The van der Waals surface area contributed by atoms with Crippen molar-refractivity contribution in [2.45, 2.75) is 74.7 Å². The number of benzene rings is 1. The van der Waals surface area contributed by atoms with Crippen LogP contribution >= 0.6 is 11.8 Å². The van der Waals surface area contributed by atoms with Gasteiger partial charge in [0.05, 0.1) is 23.9 Å². The maximum absolute atomic E-state index is 14.0. The van der Waals surface area contributed by atoms with Crippen molar-refractivity contribution < 1.29 is 18.3 Å². The number of hydrogen-bond acceptors (Lipinski definition) is 7. The van der Waals surface area contributed by atoms with Crippen LogP contribution < -0.4 is 5.32 Å². The lowest BCUT2D eigenvalue weighted by Crippen LogP contribution is -2.40. The van der Waals surface area contributed by atoms with Crippen LogP contribution in [0.2, 0.25) is 0 Å². The zero-order valence-electron chi connectivity index (χ0n) is 25.2. The fraction of sp³-hybridized carbons (Fsp3) is 0.576. The van der Waals surface area contributed by atoms with Gasteiger partial charge in [-0.05, 0) is 76.1 Å². The molecule has 0 radical (unpaired) electrons. The smallest absolute Gasteiger partial charge is 0.390 e. The van der Waals surface area contributed by atoms with Crippen molar-refractivity contribution in [3.8, 4) is 11.3 Å². The fourth-order valence-electron chi connectivity index (χ4n) is 6.88. The quantitative estimate of drug-likeness (QED) is 0.291. The van der Waals surface area contributed by atoms with Crippen LogP contribution in [0.4, 0.5) is 13.2 Å². The molecule has 5 heterocycles. The molecule has 2 N–H and O–H groups in total. The van der Waals surface area contributed by atoms with E-state index in [9.17, 15) is 18.3 Å². The van der Waals surface area contributed by atoms with Gasteiger partial charge in [0.25, 0.3) is 0 Å². The van der Waals surface area contributed by atoms with Gasteiger partial charge >= 0.3 is 6.18 Å². The summed E-state index contributed by atoms with van der Waals surface area (Å²) in [5.74, 6) is 1.07. The Labute approximate surface area is 262 Å². The lowest BCUT2D eigenvalue weighted by atomic mass is 9.93. The Hall–Kier alpha value is -2.44. The first-order valence-corrected chi connectivity index (χ1v) is 17.0. The highest BCUT2D eigenvalue weighted by atomic mass is 32.2. The third kappa shape index (κ3) is 7.67. The molecule has 3 aromatic rings. The monoisotopic (exact) mass is 628 g/mol. The minimum absolute atomic E-state index is 0.258. The number of likely N-dealkylation sites (tertiary alicyclic amines) is 2. The summed E-state index contributed by atoms with van der Waals surface area (Å²) in [4.78, 5) is 9.45. The van der Waals surface area contributed by atoms with Crippen molar-refractivity contribution in [1.29, 1.82) is 0 Å². The van der Waals surface area contributed by atoms with Gasteiger partial charge in [-0.2, -0.15) is 18.3 Å². The van der Waals surface area contributed by atoms with E-state index in [4.69, 9.17) is 5.10 Å². The van der Waals surface area contributed by atoms with Crippen molar-refractivity contribution in [1.82, 2.24) is 29.9 Å². The SMILES string of the molecule is OC(CN1CCC(c2ccccn2)CC1)Cn1nc(-c2ccc(C(F)(F)F)c(SCCN3CCCCC3)c2)c2c1CCNC2. The number of aliphatic hydroxyl groups is 1. The third-order valence-electron chi connectivity index (χ3n) is 9.23. The fourth-order valence-corrected chi connectivity index (χ4v) is 8.00. The maximum atomic E-state index is 14.0. The number of piperidine rings is 2. The first kappa shape index (κ1) is 31.5. The molecule has 0 amide bonds. The van der Waals surface area contributed by atoms with E-state index in [1.807, 2.05) is 23.0 Å². The van der Waals surface area contributed by atoms with Crippen molar-refractivity contribution in [3.63, 3.8) is 0 Å². The van der Waals surface area contributed by atoms with E-state index in [-0.39, 0.29) is 4.90 Å². The molecule has 238 valence electrons. The molecule has 3 aliphatic rings. The highest BCUT2D eigenvalue weighted by Gasteiger charge is 2.34. The number of aliphatic hydroxyl groups excluding tert-OH is 1. The minimum atomic E-state index is -4.41. The van der Waals surface area contributed by atoms with Crippen molar-refractivity contribution in [2.75, 3.05) is 51.6 Å². The van der Waals surface area contributed by atoms with Crippen molar-refractivity contribution >= 4 is 11.8 Å². The number of rotatable bonds is 10. The molecule has 11 heteroatoms. The number of fused-ring (bicyclic) bond motifs is 1. The molecule has 1 atom stereocenters. The Bertz CT molecular complexity index is 1370. The number of thioether (sulfide) groups is 1. The molecule has 7 nitrogen and oxygen atoms in total. The van der Waals surface area contributed by atoms with E-state index in [1.54, 1.807) is 12.1 Å². The average Bonchev–Trinajstić information content (AvgIpc) is 3.40. The number of nitrogens with one attached hydrogen (secondary N) is 1. The number of alkyl halides is 3. The van der Waals surface area contributed by atoms with Crippen molar-refractivity contribution in [2.24, 2.45) is 0 Å². The molecule has 3 aliphatic heterocycles. The third-order valence-corrected chi connectivity index (χ3v) is 10.3. The van der Waals surface area contributed by atoms with E-state index in [0.29, 0.717) is 42.6 Å². The van der Waals surface area contributed by atoms with Crippen LogP contribution in [-0.4, -0.2) is 87.3 Å². The van der Waals surface area contributed by atoms with Crippen LogP contribution in [0, 0.1) is 0 Å². The van der Waals surface area contributed by atoms with Crippen molar-refractivity contribution in [3.05, 3.63) is 65.1 Å². The zero-order chi connectivity index (χ0) is 30.5. The molecule has 2 fully saturated rings. The predicted molar refractivity (Wildman–Crippen MR) is 168 cm³/mol. The second kappa shape index (κ2) is 14.3. The number of nitrogens with zero attached hydrogens (tertiary/aromatic N) is 5. The summed E-state index contributed by atoms with van der Waals surface area (Å²) < 4.78 is 43.9. The zero-order valence-corrected chi connectivity index (χ0v) is 26.1. The Morgan fingerprint density at radius 3 is 2.57 bits per heavy atom. The van der Waals surface area contributed by atoms with E-state index >= 15 is 0 Å². The molecule has 2 aromatic heterocycles. The van der Waals surface area contributed by atoms with E-state index in [2.05, 4.69) is 26.2 Å². The predicted octanol–water partition coefficient (Wildman–Crippen LogP) is 5.43. The summed E-state index contributed by atoms with van der Waals surface area (Å²) in [5.41, 5.74) is 4.04. The van der Waals surface area contributed by atoms with Crippen LogP contribution in [0.15, 0.2) is 47.5 Å². The molecular formula is C33H43F3N6OS. The van der Waals surface area contributed by atoms with E-state index in [0.717, 1.165) is 88.3 Å². The summed E-state index contributed by atoms with van der Waals surface area (Å²) in [5, 5.41) is 19.5. The lowest BCUT2D eigenvalue weighted by Gasteiger charge is -2.33. The molecule has 2 saturated heterocycles. The molecule has 0 saturated carbocycles. The Morgan fingerprint density at radius 2 is 1.82 bits per heavy atom. The normalized spacial score (nSPS) is 19.6. The lowest BCUT2D eigenvalue weighted by molar-refractivity contribution is -0.139. The topological polar surface area (TPSA) is 69.5 Å². The Balaban J connectivity index is 1.15. The van der Waals surface area contributed by atoms with Gasteiger partial charge in [-0.3, -0.25) is 9.67 Å². The second-order valence-electron chi connectivity index (χ2n) is 12.3. The molecule has 6 rings (SSSR count). The molecular weight excluding hydrogens is 585 g/mol. The number of hydrogen-bond donors (Lipinski definition) is 2. The molecule has 1 unspecified atom stereocenters. The molecule has 1 aromatic carbocycles. The highest BCUT2D eigenvalue weighted by molar-refractivity contribution is 7.99. The van der Waals surface area contributed by atoms with E-state index in [1.165, 1.54) is 24.2 Å². The molecule has 0 aliphatic carbocycles. The van der Waals surface area contributed by atoms with Crippen LogP contribution in [0.3, 0.4) is 0 Å². The Kier molecular flexibility index (Phi) is 10.3. The number of pyridine rings is 1. The van der Waals surface area contributed by atoms with Gasteiger partial charge in [0, 0.05) is 77.9 Å². The molecule has 0 bridgehead atoms. The van der Waals surface area contributed by atoms with Gasteiger partial charge in [-0.15, -0.1) is 11.8 Å². The van der Waals surface area contributed by atoms with E-state index < -0.39 is 17.8 Å². The first-order valence-electron chi connectivity index (χ1n) is 16.0. The molecule has 0 spiro atoms. The van der Waals surface area contributed by atoms with Gasteiger partial charge in [-0.25, -0.2) is 0 Å². The number of halogens is 3. The van der Waals surface area contributed by atoms with Gasteiger partial charge in [0.2, 0.25) is 0 Å². The van der Waals surface area contributed by atoms with Gasteiger partial charge < -0.3 is 20.2 Å². The standard InChI is InChI=1S/C33H43F3N6OS/c34-33(35,36)28-8-7-25(20-31(28)44-19-18-40-14-4-1-5-15-40)32-27-21-37-13-9-30(27)42(39-32)23-26(43)22-41-16-10-24(11-17-41)29-6-2-3-12-38-29/h2-3,6-8,12,20,24,26,37,43H,1,4-5,9-11,13-19,21-23H2. The Morgan fingerprint density at radius 1 is 1.00 bits per heavy atom. The summed E-state index contributed by atoms with van der Waals surface area (Å²) in [7, 11) is 0. The van der Waals surface area contributed by atoms with Crippen LogP contribution in [0.25, 0.3) is 11.3 Å².